The lowest BCUT2D eigenvalue weighted by molar-refractivity contribution is 0.415. The number of anilines is 1. The number of nitrogens with two attached hydrogens (primary N) is 1. The van der Waals surface area contributed by atoms with Gasteiger partial charge in [0.2, 0.25) is 0 Å². The number of nitrogens with zero attached hydrogens (tertiary/aromatic N) is 1. The van der Waals surface area contributed by atoms with E-state index in [0.29, 0.717) is 0 Å². The Morgan fingerprint density at radius 3 is 2.20 bits per heavy atom. The van der Waals surface area contributed by atoms with Gasteiger partial charge in [0.25, 0.3) is 0 Å². The van der Waals surface area contributed by atoms with Gasteiger partial charge in [-0.25, -0.2) is 0 Å². The van der Waals surface area contributed by atoms with Gasteiger partial charge in [-0.3, -0.25) is 5.41 Å². The largest absolute Gasteiger partial charge is 0.497 e. The van der Waals surface area contributed by atoms with Crippen LogP contribution >= 0.6 is 0 Å². The molecular weight excluding hydrogens is 250 g/mol. The molecule has 4 nitrogen and oxygen atoms in total. The number of ether oxygens (including phenoxy) is 1. The Balaban J connectivity index is 2.06. The van der Waals surface area contributed by atoms with Crippen molar-refractivity contribution in [2.75, 3.05) is 19.1 Å². The SMILES string of the molecule is COc1ccc(N(C)Cc2ccc(C(=N)N)cc2)cc1. The van der Waals surface area contributed by atoms with E-state index in [4.69, 9.17) is 15.9 Å². The predicted molar refractivity (Wildman–Crippen MR) is 82.6 cm³/mol. The molecular formula is C16H19N3O. The first-order valence-corrected chi connectivity index (χ1v) is 6.38. The molecule has 0 aliphatic rings. The van der Waals surface area contributed by atoms with E-state index >= 15 is 0 Å². The van der Waals surface area contributed by atoms with Crippen molar-refractivity contribution >= 4 is 11.5 Å². The van der Waals surface area contributed by atoms with E-state index in [1.165, 1.54) is 5.56 Å². The van der Waals surface area contributed by atoms with Crippen LogP contribution in [0, 0.1) is 5.41 Å². The fourth-order valence-corrected chi connectivity index (χ4v) is 1.99. The molecule has 0 unspecified atom stereocenters. The van der Waals surface area contributed by atoms with Gasteiger partial charge in [0, 0.05) is 24.8 Å². The zero-order valence-corrected chi connectivity index (χ0v) is 11.8. The highest BCUT2D eigenvalue weighted by Gasteiger charge is 2.03. The van der Waals surface area contributed by atoms with Gasteiger partial charge in [0.15, 0.2) is 0 Å². The van der Waals surface area contributed by atoms with Gasteiger partial charge in [-0.15, -0.1) is 0 Å². The highest BCUT2D eigenvalue weighted by Crippen LogP contribution is 2.19. The number of amidine groups is 1. The molecule has 2 aromatic rings. The normalized spacial score (nSPS) is 10.1. The van der Waals surface area contributed by atoms with E-state index in [1.54, 1.807) is 7.11 Å². The average molecular weight is 269 g/mol. The quantitative estimate of drug-likeness (QED) is 0.648. The molecule has 0 radical (unpaired) electrons. The first-order chi connectivity index (χ1) is 9.60. The summed E-state index contributed by atoms with van der Waals surface area (Å²) in [6, 6.07) is 15.7. The van der Waals surface area contributed by atoms with Crippen LogP contribution in [0.4, 0.5) is 5.69 Å². The summed E-state index contributed by atoms with van der Waals surface area (Å²) in [7, 11) is 3.70. The highest BCUT2D eigenvalue weighted by molar-refractivity contribution is 5.94. The summed E-state index contributed by atoms with van der Waals surface area (Å²) in [4.78, 5) is 2.15. The number of nitrogen functional groups attached to an aromatic ring is 1. The molecule has 0 saturated heterocycles. The Morgan fingerprint density at radius 2 is 1.70 bits per heavy atom. The standard InChI is InChI=1S/C16H19N3O/c1-19(14-7-9-15(20-2)10-8-14)11-12-3-5-13(6-4-12)16(17)18/h3-10H,11H2,1-2H3,(H3,17,18). The van der Waals surface area contributed by atoms with E-state index in [9.17, 15) is 0 Å². The van der Waals surface area contributed by atoms with Gasteiger partial charge in [0.05, 0.1) is 7.11 Å². The maximum atomic E-state index is 7.38. The molecule has 2 aromatic carbocycles. The van der Waals surface area contributed by atoms with Crippen molar-refractivity contribution in [3.05, 3.63) is 59.7 Å². The van der Waals surface area contributed by atoms with Crippen LogP contribution < -0.4 is 15.4 Å². The molecule has 0 amide bonds. The zero-order chi connectivity index (χ0) is 14.5. The average Bonchev–Trinajstić information content (AvgIpc) is 2.48. The summed E-state index contributed by atoms with van der Waals surface area (Å²) >= 11 is 0. The van der Waals surface area contributed by atoms with Gasteiger partial charge in [-0.1, -0.05) is 24.3 Å². The van der Waals surface area contributed by atoms with Crippen molar-refractivity contribution in [3.8, 4) is 5.75 Å². The monoisotopic (exact) mass is 269 g/mol. The molecule has 0 spiro atoms. The summed E-state index contributed by atoms with van der Waals surface area (Å²) < 4.78 is 5.15. The summed E-state index contributed by atoms with van der Waals surface area (Å²) in [6.07, 6.45) is 0. The Hall–Kier alpha value is -2.49. The minimum Gasteiger partial charge on any atom is -0.497 e. The molecule has 104 valence electrons. The zero-order valence-electron chi connectivity index (χ0n) is 11.8. The van der Waals surface area contributed by atoms with Crippen LogP contribution in [0.25, 0.3) is 0 Å². The van der Waals surface area contributed by atoms with E-state index in [0.717, 1.165) is 23.5 Å². The molecule has 0 aliphatic heterocycles. The number of benzene rings is 2. The lowest BCUT2D eigenvalue weighted by atomic mass is 10.1. The van der Waals surface area contributed by atoms with Gasteiger partial charge in [-0.05, 0) is 29.8 Å². The first kappa shape index (κ1) is 13.9. The molecule has 0 fully saturated rings. The number of hydrogen-bond donors (Lipinski definition) is 2. The van der Waals surface area contributed by atoms with Crippen LogP contribution in [0.3, 0.4) is 0 Å². The summed E-state index contributed by atoms with van der Waals surface area (Å²) in [6.45, 7) is 0.796. The van der Waals surface area contributed by atoms with Crippen LogP contribution in [0.15, 0.2) is 48.5 Å². The van der Waals surface area contributed by atoms with Crippen LogP contribution in [-0.4, -0.2) is 20.0 Å². The van der Waals surface area contributed by atoms with Crippen molar-refractivity contribution in [1.29, 1.82) is 5.41 Å². The van der Waals surface area contributed by atoms with E-state index < -0.39 is 0 Å². The molecule has 0 saturated carbocycles. The van der Waals surface area contributed by atoms with Crippen molar-refractivity contribution in [2.24, 2.45) is 5.73 Å². The van der Waals surface area contributed by atoms with Crippen LogP contribution in [0.1, 0.15) is 11.1 Å². The summed E-state index contributed by atoms with van der Waals surface area (Å²) in [5, 5.41) is 7.38. The maximum Gasteiger partial charge on any atom is 0.122 e. The van der Waals surface area contributed by atoms with Crippen LogP contribution in [-0.2, 0) is 6.54 Å². The van der Waals surface area contributed by atoms with Gasteiger partial charge >= 0.3 is 0 Å². The second kappa shape index (κ2) is 6.10. The predicted octanol–water partition coefficient (Wildman–Crippen LogP) is 2.62. The van der Waals surface area contributed by atoms with E-state index in [2.05, 4.69) is 4.90 Å². The van der Waals surface area contributed by atoms with Crippen molar-refractivity contribution in [2.45, 2.75) is 6.54 Å². The van der Waals surface area contributed by atoms with Crippen molar-refractivity contribution in [1.82, 2.24) is 0 Å². The number of rotatable bonds is 5. The number of hydrogen-bond acceptors (Lipinski definition) is 3. The van der Waals surface area contributed by atoms with Gasteiger partial charge in [-0.2, -0.15) is 0 Å². The fraction of sp³-hybridized carbons (Fsp3) is 0.188. The summed E-state index contributed by atoms with van der Waals surface area (Å²) in [5.74, 6) is 0.952. The smallest absolute Gasteiger partial charge is 0.122 e. The molecule has 20 heavy (non-hydrogen) atoms. The summed E-state index contributed by atoms with van der Waals surface area (Å²) in [5.41, 5.74) is 8.50. The minimum atomic E-state index is 0.0973. The highest BCUT2D eigenvalue weighted by atomic mass is 16.5. The second-order valence-electron chi connectivity index (χ2n) is 4.66. The third-order valence-electron chi connectivity index (χ3n) is 3.20. The van der Waals surface area contributed by atoms with Gasteiger partial charge < -0.3 is 15.4 Å². The minimum absolute atomic E-state index is 0.0973. The molecule has 0 aliphatic carbocycles. The Labute approximate surface area is 119 Å². The molecule has 3 N–H and O–H groups in total. The lowest BCUT2D eigenvalue weighted by Crippen LogP contribution is -2.16. The number of methoxy groups -OCH3 is 1. The molecule has 0 heterocycles. The fourth-order valence-electron chi connectivity index (χ4n) is 1.99. The second-order valence-corrected chi connectivity index (χ2v) is 4.66. The Morgan fingerprint density at radius 1 is 1.10 bits per heavy atom. The topological polar surface area (TPSA) is 62.3 Å². The van der Waals surface area contributed by atoms with Crippen molar-refractivity contribution < 1.29 is 4.74 Å². The van der Waals surface area contributed by atoms with Crippen molar-refractivity contribution in [3.63, 3.8) is 0 Å². The lowest BCUT2D eigenvalue weighted by Gasteiger charge is -2.19. The first-order valence-electron chi connectivity index (χ1n) is 6.38. The van der Waals surface area contributed by atoms with Crippen LogP contribution in [0.2, 0.25) is 0 Å². The van der Waals surface area contributed by atoms with E-state index in [1.807, 2.05) is 55.6 Å². The molecule has 0 bridgehead atoms. The third-order valence-corrected chi connectivity index (χ3v) is 3.20. The van der Waals surface area contributed by atoms with E-state index in [-0.39, 0.29) is 5.84 Å². The molecule has 0 aromatic heterocycles. The molecule has 0 atom stereocenters. The molecule has 4 heteroatoms. The Kier molecular flexibility index (Phi) is 4.25. The van der Waals surface area contributed by atoms with Gasteiger partial charge in [0.1, 0.15) is 11.6 Å². The third kappa shape index (κ3) is 3.29. The Bertz CT molecular complexity index is 576. The maximum absolute atomic E-state index is 7.38. The number of nitrogens with one attached hydrogen (secondary N) is 1. The van der Waals surface area contributed by atoms with Crippen LogP contribution in [0.5, 0.6) is 5.75 Å². The molecule has 2 rings (SSSR count).